The van der Waals surface area contributed by atoms with Gasteiger partial charge >= 0.3 is 0 Å². The second-order valence-electron chi connectivity index (χ2n) is 7.55. The average molecular weight is 372 g/mol. The first-order chi connectivity index (χ1) is 13.2. The lowest BCUT2D eigenvalue weighted by Gasteiger charge is -2.36. The maximum atomic E-state index is 12.2. The minimum atomic E-state index is 0.0748. The van der Waals surface area contributed by atoms with Crippen LogP contribution in [0.2, 0.25) is 0 Å². The van der Waals surface area contributed by atoms with E-state index in [2.05, 4.69) is 55.8 Å². The zero-order valence-electron chi connectivity index (χ0n) is 16.5. The van der Waals surface area contributed by atoms with E-state index >= 15 is 0 Å². The van der Waals surface area contributed by atoms with E-state index in [9.17, 15) is 4.79 Å². The van der Waals surface area contributed by atoms with Crippen LogP contribution in [0.15, 0.2) is 35.3 Å². The summed E-state index contributed by atoms with van der Waals surface area (Å²) < 4.78 is 0. The van der Waals surface area contributed by atoms with E-state index in [4.69, 9.17) is 0 Å². The Labute approximate surface area is 163 Å². The molecule has 0 radical (unpaired) electrons. The number of carbonyl (C=O) groups is 1. The molecule has 6 nitrogen and oxygen atoms in total. The molecular formula is C21H33N5O. The molecular weight excluding hydrogens is 338 g/mol. The number of carbonyl (C=O) groups excluding carboxylic acids is 1. The van der Waals surface area contributed by atoms with E-state index in [1.807, 2.05) is 0 Å². The molecule has 148 valence electrons. The number of hydrogen-bond donors (Lipinski definition) is 2. The van der Waals surface area contributed by atoms with Gasteiger partial charge in [0, 0.05) is 45.8 Å². The van der Waals surface area contributed by atoms with Crippen LogP contribution in [0.5, 0.6) is 0 Å². The number of hydrogen-bond acceptors (Lipinski definition) is 3. The monoisotopic (exact) mass is 371 g/mol. The molecule has 0 bridgehead atoms. The summed E-state index contributed by atoms with van der Waals surface area (Å²) >= 11 is 0. The van der Waals surface area contributed by atoms with Crippen LogP contribution in [0.1, 0.15) is 37.7 Å². The predicted molar refractivity (Wildman–Crippen MR) is 110 cm³/mol. The summed E-state index contributed by atoms with van der Waals surface area (Å²) in [5, 5.41) is 6.39. The van der Waals surface area contributed by atoms with Gasteiger partial charge in [0.1, 0.15) is 0 Å². The fraction of sp³-hybridized carbons (Fsp3) is 0.619. The molecule has 1 aromatic rings. The number of aliphatic imine (C=N–C) groups is 1. The summed E-state index contributed by atoms with van der Waals surface area (Å²) in [7, 11) is 1.79. The molecule has 0 unspecified atom stereocenters. The van der Waals surface area contributed by atoms with Crippen molar-refractivity contribution in [3.63, 3.8) is 0 Å². The summed E-state index contributed by atoms with van der Waals surface area (Å²) in [4.78, 5) is 21.3. The SMILES string of the molecule is CN=C(NCC(=O)NC1CCCCC1)N1CCN(Cc2ccccc2)CC1. The van der Waals surface area contributed by atoms with Crippen LogP contribution >= 0.6 is 0 Å². The lowest BCUT2D eigenvalue weighted by atomic mass is 9.95. The van der Waals surface area contributed by atoms with Gasteiger partial charge in [0.2, 0.25) is 5.91 Å². The van der Waals surface area contributed by atoms with E-state index in [-0.39, 0.29) is 5.91 Å². The zero-order chi connectivity index (χ0) is 18.9. The average Bonchev–Trinajstić information content (AvgIpc) is 2.71. The highest BCUT2D eigenvalue weighted by Crippen LogP contribution is 2.17. The smallest absolute Gasteiger partial charge is 0.239 e. The number of nitrogens with one attached hydrogen (secondary N) is 2. The molecule has 3 rings (SSSR count). The number of guanidine groups is 1. The molecule has 0 spiro atoms. The molecule has 1 aromatic carbocycles. The van der Waals surface area contributed by atoms with Gasteiger partial charge in [0.15, 0.2) is 5.96 Å². The molecule has 2 fully saturated rings. The number of benzene rings is 1. The summed E-state index contributed by atoms with van der Waals surface area (Å²) in [6.07, 6.45) is 5.99. The largest absolute Gasteiger partial charge is 0.352 e. The van der Waals surface area contributed by atoms with Crippen LogP contribution in [-0.4, -0.2) is 67.5 Å². The Morgan fingerprint density at radius 3 is 2.44 bits per heavy atom. The number of rotatable bonds is 5. The van der Waals surface area contributed by atoms with Crippen molar-refractivity contribution >= 4 is 11.9 Å². The van der Waals surface area contributed by atoms with Gasteiger partial charge in [0.05, 0.1) is 6.54 Å². The van der Waals surface area contributed by atoms with Gasteiger partial charge in [-0.3, -0.25) is 14.7 Å². The van der Waals surface area contributed by atoms with Gasteiger partial charge in [-0.15, -0.1) is 0 Å². The van der Waals surface area contributed by atoms with Crippen molar-refractivity contribution in [1.29, 1.82) is 0 Å². The van der Waals surface area contributed by atoms with Gasteiger partial charge in [0.25, 0.3) is 0 Å². The molecule has 1 saturated carbocycles. The highest BCUT2D eigenvalue weighted by Gasteiger charge is 2.21. The second-order valence-corrected chi connectivity index (χ2v) is 7.55. The molecule has 1 heterocycles. The molecule has 1 aliphatic heterocycles. The Morgan fingerprint density at radius 1 is 1.07 bits per heavy atom. The third kappa shape index (κ3) is 6.24. The summed E-state index contributed by atoms with van der Waals surface area (Å²) in [6.45, 7) is 5.15. The van der Waals surface area contributed by atoms with Crippen LogP contribution in [0.25, 0.3) is 0 Å². The molecule has 1 aliphatic carbocycles. The van der Waals surface area contributed by atoms with Crippen LogP contribution in [-0.2, 0) is 11.3 Å². The molecule has 1 amide bonds. The summed E-state index contributed by atoms with van der Waals surface area (Å²) in [6, 6.07) is 11.0. The topological polar surface area (TPSA) is 60.0 Å². The molecule has 6 heteroatoms. The third-order valence-corrected chi connectivity index (χ3v) is 5.51. The quantitative estimate of drug-likeness (QED) is 0.612. The zero-order valence-corrected chi connectivity index (χ0v) is 16.5. The fourth-order valence-electron chi connectivity index (χ4n) is 3.98. The minimum absolute atomic E-state index is 0.0748. The summed E-state index contributed by atoms with van der Waals surface area (Å²) in [5.74, 6) is 0.902. The number of piperazine rings is 1. The number of amides is 1. The molecule has 0 aromatic heterocycles. The Hall–Kier alpha value is -2.08. The minimum Gasteiger partial charge on any atom is -0.352 e. The normalized spacial score (nSPS) is 19.7. The van der Waals surface area contributed by atoms with E-state index in [1.54, 1.807) is 7.05 Å². The Bertz CT molecular complexity index is 604. The van der Waals surface area contributed by atoms with Crippen molar-refractivity contribution in [3.8, 4) is 0 Å². The predicted octanol–water partition coefficient (Wildman–Crippen LogP) is 1.83. The third-order valence-electron chi connectivity index (χ3n) is 5.51. The second kappa shape index (κ2) is 10.3. The van der Waals surface area contributed by atoms with Crippen molar-refractivity contribution < 1.29 is 4.79 Å². The van der Waals surface area contributed by atoms with Gasteiger partial charge in [-0.1, -0.05) is 49.6 Å². The van der Waals surface area contributed by atoms with Crippen molar-refractivity contribution in [2.45, 2.75) is 44.7 Å². The first kappa shape index (κ1) is 19.7. The molecule has 1 saturated heterocycles. The van der Waals surface area contributed by atoms with E-state index in [0.717, 1.165) is 51.5 Å². The van der Waals surface area contributed by atoms with E-state index < -0.39 is 0 Å². The van der Waals surface area contributed by atoms with Crippen molar-refractivity contribution in [1.82, 2.24) is 20.4 Å². The van der Waals surface area contributed by atoms with E-state index in [0.29, 0.717) is 12.6 Å². The van der Waals surface area contributed by atoms with Gasteiger partial charge < -0.3 is 15.5 Å². The van der Waals surface area contributed by atoms with Crippen molar-refractivity contribution in [2.75, 3.05) is 39.8 Å². The summed E-state index contributed by atoms with van der Waals surface area (Å²) in [5.41, 5.74) is 1.35. The Kier molecular flexibility index (Phi) is 7.51. The Morgan fingerprint density at radius 2 is 1.78 bits per heavy atom. The van der Waals surface area contributed by atoms with Gasteiger partial charge in [-0.25, -0.2) is 0 Å². The van der Waals surface area contributed by atoms with Gasteiger partial charge in [-0.05, 0) is 18.4 Å². The first-order valence-electron chi connectivity index (χ1n) is 10.3. The maximum absolute atomic E-state index is 12.2. The van der Waals surface area contributed by atoms with Crippen LogP contribution in [0, 0.1) is 0 Å². The molecule has 0 atom stereocenters. The van der Waals surface area contributed by atoms with E-state index in [1.165, 1.54) is 24.8 Å². The first-order valence-corrected chi connectivity index (χ1v) is 10.3. The van der Waals surface area contributed by atoms with Crippen molar-refractivity contribution in [2.24, 2.45) is 4.99 Å². The fourth-order valence-corrected chi connectivity index (χ4v) is 3.98. The lowest BCUT2D eigenvalue weighted by molar-refractivity contribution is -0.120. The molecule has 2 N–H and O–H groups in total. The Balaban J connectivity index is 1.39. The van der Waals surface area contributed by atoms with Crippen LogP contribution in [0.4, 0.5) is 0 Å². The molecule has 2 aliphatic rings. The van der Waals surface area contributed by atoms with Crippen LogP contribution in [0.3, 0.4) is 0 Å². The maximum Gasteiger partial charge on any atom is 0.239 e. The highest BCUT2D eigenvalue weighted by molar-refractivity contribution is 5.86. The number of nitrogens with zero attached hydrogens (tertiary/aromatic N) is 3. The molecule has 27 heavy (non-hydrogen) atoms. The standard InChI is InChI=1S/C21H33N5O/c1-22-21(23-16-20(27)24-19-10-6-3-7-11-19)26-14-12-25(13-15-26)17-18-8-4-2-5-9-18/h2,4-5,8-9,19H,3,6-7,10-17H2,1H3,(H,22,23)(H,24,27). The highest BCUT2D eigenvalue weighted by atomic mass is 16.2. The van der Waals surface area contributed by atoms with Crippen molar-refractivity contribution in [3.05, 3.63) is 35.9 Å². The van der Waals surface area contributed by atoms with Gasteiger partial charge in [-0.2, -0.15) is 0 Å². The lowest BCUT2D eigenvalue weighted by Crippen LogP contribution is -2.53. The van der Waals surface area contributed by atoms with Crippen LogP contribution < -0.4 is 10.6 Å².